The highest BCUT2D eigenvalue weighted by Crippen LogP contribution is 2.01. The number of unbranched alkanes of at least 4 members (excludes halogenated alkanes) is 1. The van der Waals surface area contributed by atoms with E-state index >= 15 is 0 Å². The van der Waals surface area contributed by atoms with Crippen molar-refractivity contribution in [1.29, 1.82) is 0 Å². The van der Waals surface area contributed by atoms with Gasteiger partial charge in [-0.1, -0.05) is 13.0 Å². The van der Waals surface area contributed by atoms with Crippen LogP contribution in [0.4, 0.5) is 0 Å². The fraction of sp³-hybridized carbons (Fsp3) is 0.600. The Morgan fingerprint density at radius 1 is 1.40 bits per heavy atom. The van der Waals surface area contributed by atoms with Crippen LogP contribution in [-0.4, -0.2) is 24.5 Å². The van der Waals surface area contributed by atoms with E-state index in [2.05, 4.69) is 11.3 Å². The summed E-state index contributed by atoms with van der Waals surface area (Å²) in [6, 6.07) is -0.764. The van der Waals surface area contributed by atoms with Crippen LogP contribution in [0.25, 0.3) is 0 Å². The Labute approximate surface area is 89.5 Å². The molecule has 0 saturated heterocycles. The summed E-state index contributed by atoms with van der Waals surface area (Å²) in [5.74, 6) is -1.44. The molecular weight excluding hydrogens is 196 g/mol. The number of carbonyl (C=O) groups is 2. The molecule has 86 valence electrons. The Kier molecular flexibility index (Phi) is 6.57. The Balaban J connectivity index is 3.88. The van der Waals surface area contributed by atoms with E-state index in [-0.39, 0.29) is 5.57 Å². The average Bonchev–Trinajstić information content (AvgIpc) is 2.17. The van der Waals surface area contributed by atoms with E-state index in [1.165, 1.54) is 6.92 Å². The van der Waals surface area contributed by atoms with Crippen molar-refractivity contribution >= 4 is 11.9 Å². The van der Waals surface area contributed by atoms with E-state index in [1.54, 1.807) is 0 Å². The highest BCUT2D eigenvalue weighted by molar-refractivity contribution is 5.96. The third kappa shape index (κ3) is 5.98. The van der Waals surface area contributed by atoms with Crippen LogP contribution in [0, 0.1) is 0 Å². The van der Waals surface area contributed by atoms with Crippen molar-refractivity contribution in [1.82, 2.24) is 0 Å². The predicted molar refractivity (Wildman–Crippen MR) is 56.8 cm³/mol. The molecule has 15 heavy (non-hydrogen) atoms. The van der Waals surface area contributed by atoms with E-state index in [1.807, 2.05) is 0 Å². The largest absolute Gasteiger partial charge is 0.389 e. The first-order chi connectivity index (χ1) is 6.99. The minimum Gasteiger partial charge on any atom is -0.389 e. The molecule has 0 spiro atoms. The minimum absolute atomic E-state index is 0.178. The molecule has 0 aliphatic heterocycles. The molecule has 4 N–H and O–H groups in total. The van der Waals surface area contributed by atoms with E-state index in [4.69, 9.17) is 11.5 Å². The molecule has 0 unspecified atom stereocenters. The van der Waals surface area contributed by atoms with Gasteiger partial charge in [-0.15, -0.1) is 0 Å². The van der Waals surface area contributed by atoms with Gasteiger partial charge in [0.2, 0.25) is 0 Å². The summed E-state index contributed by atoms with van der Waals surface area (Å²) in [6.45, 7) is 5.39. The fourth-order valence-electron chi connectivity index (χ4n) is 0.881. The first-order valence-corrected chi connectivity index (χ1v) is 4.86. The first kappa shape index (κ1) is 13.8. The van der Waals surface area contributed by atoms with Crippen LogP contribution in [0.2, 0.25) is 0 Å². The van der Waals surface area contributed by atoms with Gasteiger partial charge in [0.25, 0.3) is 0 Å². The van der Waals surface area contributed by atoms with Crippen molar-refractivity contribution in [2.24, 2.45) is 11.5 Å². The lowest BCUT2D eigenvalue weighted by Crippen LogP contribution is -2.34. The van der Waals surface area contributed by atoms with Crippen molar-refractivity contribution in [3.8, 4) is 0 Å². The Bertz CT molecular complexity index is 251. The van der Waals surface area contributed by atoms with Crippen LogP contribution < -0.4 is 11.5 Å². The van der Waals surface area contributed by atoms with Gasteiger partial charge in [0.15, 0.2) is 0 Å². The second kappa shape index (κ2) is 7.14. The summed E-state index contributed by atoms with van der Waals surface area (Å²) in [5, 5.41) is 0. The topological polar surface area (TPSA) is 95.4 Å². The van der Waals surface area contributed by atoms with E-state index < -0.39 is 18.0 Å². The Hall–Kier alpha value is -1.20. The molecule has 5 heteroatoms. The monoisotopic (exact) mass is 214 g/mol. The van der Waals surface area contributed by atoms with Gasteiger partial charge >= 0.3 is 11.9 Å². The maximum absolute atomic E-state index is 11.2. The zero-order valence-corrected chi connectivity index (χ0v) is 8.99. The molecule has 0 aromatic rings. The lowest BCUT2D eigenvalue weighted by atomic mass is 10.1. The van der Waals surface area contributed by atoms with Gasteiger partial charge in [0.1, 0.15) is 6.04 Å². The van der Waals surface area contributed by atoms with Gasteiger partial charge < -0.3 is 16.2 Å². The zero-order chi connectivity index (χ0) is 11.8. The van der Waals surface area contributed by atoms with Crippen LogP contribution in [0.1, 0.15) is 26.2 Å². The van der Waals surface area contributed by atoms with Crippen LogP contribution in [0.3, 0.4) is 0 Å². The van der Waals surface area contributed by atoms with Crippen molar-refractivity contribution in [2.45, 2.75) is 32.2 Å². The van der Waals surface area contributed by atoms with Gasteiger partial charge in [-0.25, -0.2) is 9.59 Å². The van der Waals surface area contributed by atoms with Crippen LogP contribution in [0.15, 0.2) is 12.2 Å². The number of carbonyl (C=O) groups excluding carboxylic acids is 2. The van der Waals surface area contributed by atoms with Crippen LogP contribution in [-0.2, 0) is 14.3 Å². The number of nitrogens with two attached hydrogens (primary N) is 2. The third-order valence-corrected chi connectivity index (χ3v) is 1.81. The van der Waals surface area contributed by atoms with Crippen molar-refractivity contribution in [3.63, 3.8) is 0 Å². The maximum Gasteiger partial charge on any atom is 0.340 e. The van der Waals surface area contributed by atoms with E-state index in [9.17, 15) is 9.59 Å². The van der Waals surface area contributed by atoms with Gasteiger partial charge in [0.05, 0.1) is 0 Å². The molecule has 0 saturated carbocycles. The molecule has 0 rings (SSSR count). The molecular formula is C10H18N2O3. The molecule has 0 amide bonds. The fourth-order valence-corrected chi connectivity index (χ4v) is 0.881. The lowest BCUT2D eigenvalue weighted by Gasteiger charge is -2.09. The first-order valence-electron chi connectivity index (χ1n) is 4.86. The molecule has 0 radical (unpaired) electrons. The molecule has 0 aromatic heterocycles. The van der Waals surface area contributed by atoms with Gasteiger partial charge in [-0.05, 0) is 26.3 Å². The summed E-state index contributed by atoms with van der Waals surface area (Å²) in [5.41, 5.74) is 11.0. The van der Waals surface area contributed by atoms with E-state index in [0.717, 1.165) is 12.8 Å². The second-order valence-electron chi connectivity index (χ2n) is 3.38. The zero-order valence-electron chi connectivity index (χ0n) is 8.99. The summed E-state index contributed by atoms with van der Waals surface area (Å²) >= 11 is 0. The summed E-state index contributed by atoms with van der Waals surface area (Å²) in [6.07, 6.45) is 2.02. The molecule has 0 bridgehead atoms. The van der Waals surface area contributed by atoms with Gasteiger partial charge in [-0.3, -0.25) is 0 Å². The lowest BCUT2D eigenvalue weighted by molar-refractivity contribution is -0.158. The Morgan fingerprint density at radius 3 is 2.47 bits per heavy atom. The maximum atomic E-state index is 11.2. The summed E-state index contributed by atoms with van der Waals surface area (Å²) in [7, 11) is 0. The molecule has 1 atom stereocenters. The standard InChI is InChI=1S/C10H18N2O3/c1-7(2)9(13)15-10(14)8(12)5-3-4-6-11/h8H,1,3-6,11-12H2,2H3/t8-/m1/s1. The third-order valence-electron chi connectivity index (χ3n) is 1.81. The van der Waals surface area contributed by atoms with Crippen molar-refractivity contribution in [3.05, 3.63) is 12.2 Å². The molecule has 0 aliphatic rings. The van der Waals surface area contributed by atoms with Crippen molar-refractivity contribution in [2.75, 3.05) is 6.54 Å². The molecule has 0 aromatic carbocycles. The summed E-state index contributed by atoms with van der Waals surface area (Å²) in [4.78, 5) is 22.2. The molecule has 0 fully saturated rings. The van der Waals surface area contributed by atoms with E-state index in [0.29, 0.717) is 13.0 Å². The molecule has 5 nitrogen and oxygen atoms in total. The minimum atomic E-state index is -0.764. The quantitative estimate of drug-likeness (QED) is 0.283. The second-order valence-corrected chi connectivity index (χ2v) is 3.38. The van der Waals surface area contributed by atoms with Crippen LogP contribution >= 0.6 is 0 Å². The highest BCUT2D eigenvalue weighted by atomic mass is 16.6. The number of hydrogen-bond acceptors (Lipinski definition) is 5. The summed E-state index contributed by atoms with van der Waals surface area (Å²) < 4.78 is 4.47. The SMILES string of the molecule is C=C(C)C(=O)OC(=O)[C@H](N)CCCCN. The smallest absolute Gasteiger partial charge is 0.340 e. The molecule has 0 aliphatic carbocycles. The van der Waals surface area contributed by atoms with Gasteiger partial charge in [0, 0.05) is 5.57 Å². The highest BCUT2D eigenvalue weighted by Gasteiger charge is 2.18. The normalized spacial score (nSPS) is 11.9. The number of rotatable bonds is 6. The molecule has 0 heterocycles. The van der Waals surface area contributed by atoms with Crippen molar-refractivity contribution < 1.29 is 14.3 Å². The van der Waals surface area contributed by atoms with Gasteiger partial charge in [-0.2, -0.15) is 0 Å². The predicted octanol–water partition coefficient (Wildman–Crippen LogP) is 0.0886. The number of hydrogen-bond donors (Lipinski definition) is 2. The number of ether oxygens (including phenoxy) is 1. The average molecular weight is 214 g/mol. The van der Waals surface area contributed by atoms with Crippen LogP contribution in [0.5, 0.6) is 0 Å². The Morgan fingerprint density at radius 2 is 2.00 bits per heavy atom. The number of esters is 2.